The molecule has 134 valence electrons. The summed E-state index contributed by atoms with van der Waals surface area (Å²) in [6, 6.07) is 1.97. The molecular weight excluding hydrogens is 304 g/mol. The van der Waals surface area contributed by atoms with Crippen molar-refractivity contribution < 1.29 is 9.90 Å². The monoisotopic (exact) mass is 334 g/mol. The lowest BCUT2D eigenvalue weighted by molar-refractivity contribution is -0.157. The van der Waals surface area contributed by atoms with Crippen LogP contribution in [0.25, 0.3) is 0 Å². The lowest BCUT2D eigenvalue weighted by Gasteiger charge is -2.40. The van der Waals surface area contributed by atoms with E-state index in [1.165, 1.54) is 32.1 Å². The molecule has 1 aliphatic heterocycles. The van der Waals surface area contributed by atoms with Crippen molar-refractivity contribution in [3.63, 3.8) is 0 Å². The lowest BCUT2D eigenvalue weighted by Crippen LogP contribution is -2.58. The average Bonchev–Trinajstić information content (AvgIpc) is 2.98. The first-order chi connectivity index (χ1) is 11.6. The van der Waals surface area contributed by atoms with Crippen LogP contribution in [0, 0.1) is 12.8 Å². The second-order valence-corrected chi connectivity index (χ2v) is 7.54. The molecule has 0 spiro atoms. The summed E-state index contributed by atoms with van der Waals surface area (Å²) < 4.78 is 0. The molecule has 1 saturated carbocycles. The van der Waals surface area contributed by atoms with Crippen LogP contribution in [0.4, 0.5) is 0 Å². The number of aryl methyl sites for hydroxylation is 1. The number of likely N-dealkylation sites (tertiary alicyclic amines) is 1. The van der Waals surface area contributed by atoms with Gasteiger partial charge in [0.2, 0.25) is 0 Å². The molecule has 3 N–H and O–H groups in total. The van der Waals surface area contributed by atoms with Crippen LogP contribution in [0.15, 0.2) is 6.07 Å². The van der Waals surface area contributed by atoms with Crippen LogP contribution in [0.1, 0.15) is 56.3 Å². The maximum atomic E-state index is 12.8. The number of aromatic nitrogens is 2. The van der Waals surface area contributed by atoms with E-state index < -0.39 is 5.60 Å². The highest BCUT2D eigenvalue weighted by atomic mass is 16.3. The fraction of sp³-hybridized carbons (Fsp3) is 0.778. The standard InChI is InChI=1S/C18H30N4O2/c1-14-10-16(21-20-14)11-19-13-18(24)8-5-9-22(17(18)23)12-15-6-3-2-4-7-15/h10,15,19,24H,2-9,11-13H2,1H3,(H,20,21)/t18-/m0/s1. The number of H-pyrrole nitrogens is 1. The summed E-state index contributed by atoms with van der Waals surface area (Å²) in [7, 11) is 0. The predicted octanol–water partition coefficient (Wildman–Crippen LogP) is 1.74. The summed E-state index contributed by atoms with van der Waals surface area (Å²) in [5.74, 6) is 0.523. The molecule has 1 aliphatic carbocycles. The summed E-state index contributed by atoms with van der Waals surface area (Å²) in [5, 5.41) is 21.1. The summed E-state index contributed by atoms with van der Waals surface area (Å²) in [4.78, 5) is 14.7. The summed E-state index contributed by atoms with van der Waals surface area (Å²) in [6.45, 7) is 4.41. The highest BCUT2D eigenvalue weighted by Crippen LogP contribution is 2.28. The molecule has 2 heterocycles. The minimum Gasteiger partial charge on any atom is -0.379 e. The van der Waals surface area contributed by atoms with E-state index in [2.05, 4.69) is 15.5 Å². The van der Waals surface area contributed by atoms with Crippen molar-refractivity contribution in [1.82, 2.24) is 20.4 Å². The molecule has 6 nitrogen and oxygen atoms in total. The molecule has 1 saturated heterocycles. The Balaban J connectivity index is 1.52. The van der Waals surface area contributed by atoms with Gasteiger partial charge >= 0.3 is 0 Å². The van der Waals surface area contributed by atoms with E-state index in [0.717, 1.165) is 30.9 Å². The molecule has 1 aromatic heterocycles. The Morgan fingerprint density at radius 2 is 2.17 bits per heavy atom. The number of carbonyl (C=O) groups excluding carboxylic acids is 1. The zero-order chi connectivity index (χ0) is 17.0. The van der Waals surface area contributed by atoms with Crippen LogP contribution in [0.5, 0.6) is 0 Å². The molecular formula is C18H30N4O2. The molecule has 0 unspecified atom stereocenters. The molecule has 0 bridgehead atoms. The normalized spacial score (nSPS) is 26.1. The third kappa shape index (κ3) is 4.16. The Hall–Kier alpha value is -1.40. The van der Waals surface area contributed by atoms with E-state index in [1.54, 1.807) is 0 Å². The van der Waals surface area contributed by atoms with E-state index in [9.17, 15) is 9.90 Å². The molecule has 0 aromatic carbocycles. The molecule has 6 heteroatoms. The third-order valence-corrected chi connectivity index (χ3v) is 5.39. The molecule has 0 radical (unpaired) electrons. The Bertz CT molecular complexity index is 553. The van der Waals surface area contributed by atoms with E-state index in [1.807, 2.05) is 17.9 Å². The molecule has 3 rings (SSSR count). The number of carbonyl (C=O) groups is 1. The van der Waals surface area contributed by atoms with Gasteiger partial charge in [-0.3, -0.25) is 9.89 Å². The Labute approximate surface area is 144 Å². The van der Waals surface area contributed by atoms with Crippen molar-refractivity contribution in [3.05, 3.63) is 17.5 Å². The smallest absolute Gasteiger partial charge is 0.255 e. The average molecular weight is 334 g/mol. The number of amides is 1. The van der Waals surface area contributed by atoms with Crippen LogP contribution in [-0.4, -0.2) is 51.3 Å². The molecule has 1 atom stereocenters. The molecule has 1 amide bonds. The summed E-state index contributed by atoms with van der Waals surface area (Å²) >= 11 is 0. The van der Waals surface area contributed by atoms with Crippen molar-refractivity contribution in [3.8, 4) is 0 Å². The number of aromatic amines is 1. The van der Waals surface area contributed by atoms with Gasteiger partial charge in [0.1, 0.15) is 0 Å². The van der Waals surface area contributed by atoms with Crippen molar-refractivity contribution in [2.24, 2.45) is 5.92 Å². The van der Waals surface area contributed by atoms with Crippen LogP contribution >= 0.6 is 0 Å². The van der Waals surface area contributed by atoms with Gasteiger partial charge in [0, 0.05) is 31.9 Å². The number of aliphatic hydroxyl groups is 1. The first-order valence-corrected chi connectivity index (χ1v) is 9.30. The van der Waals surface area contributed by atoms with Gasteiger partial charge in [-0.2, -0.15) is 5.10 Å². The van der Waals surface area contributed by atoms with E-state index in [4.69, 9.17) is 0 Å². The molecule has 24 heavy (non-hydrogen) atoms. The van der Waals surface area contributed by atoms with Crippen LogP contribution in [0.3, 0.4) is 0 Å². The van der Waals surface area contributed by atoms with Crippen LogP contribution < -0.4 is 5.32 Å². The van der Waals surface area contributed by atoms with E-state index in [0.29, 0.717) is 25.4 Å². The maximum Gasteiger partial charge on any atom is 0.255 e. The van der Waals surface area contributed by atoms with Crippen LogP contribution in [-0.2, 0) is 11.3 Å². The molecule has 1 aromatic rings. The van der Waals surface area contributed by atoms with E-state index in [-0.39, 0.29) is 5.91 Å². The zero-order valence-corrected chi connectivity index (χ0v) is 14.7. The van der Waals surface area contributed by atoms with Gasteiger partial charge in [0.25, 0.3) is 5.91 Å². The van der Waals surface area contributed by atoms with Crippen molar-refractivity contribution >= 4 is 5.91 Å². The van der Waals surface area contributed by atoms with E-state index >= 15 is 0 Å². The highest BCUT2D eigenvalue weighted by molar-refractivity contribution is 5.86. The van der Waals surface area contributed by atoms with Gasteiger partial charge < -0.3 is 15.3 Å². The van der Waals surface area contributed by atoms with Crippen molar-refractivity contribution in [2.45, 2.75) is 64.0 Å². The Morgan fingerprint density at radius 1 is 1.38 bits per heavy atom. The number of hydrogen-bond donors (Lipinski definition) is 3. The Morgan fingerprint density at radius 3 is 2.88 bits per heavy atom. The first kappa shape index (κ1) is 17.4. The Kier molecular flexibility index (Phi) is 5.56. The van der Waals surface area contributed by atoms with Gasteiger partial charge in [0.15, 0.2) is 5.60 Å². The fourth-order valence-corrected chi connectivity index (χ4v) is 4.05. The number of piperidine rings is 1. The summed E-state index contributed by atoms with van der Waals surface area (Å²) in [5.41, 5.74) is 0.648. The molecule has 2 aliphatic rings. The SMILES string of the molecule is Cc1cc(CNC[C@@]2(O)CCCN(CC3CCCCC3)C2=O)n[nH]1. The van der Waals surface area contributed by atoms with Crippen molar-refractivity contribution in [1.29, 1.82) is 0 Å². The van der Waals surface area contributed by atoms with Crippen LogP contribution in [0.2, 0.25) is 0 Å². The summed E-state index contributed by atoms with van der Waals surface area (Å²) in [6.07, 6.45) is 7.74. The second-order valence-electron chi connectivity index (χ2n) is 7.54. The number of rotatable bonds is 6. The quantitative estimate of drug-likeness (QED) is 0.740. The van der Waals surface area contributed by atoms with Gasteiger partial charge in [0.05, 0.1) is 5.69 Å². The van der Waals surface area contributed by atoms with Gasteiger partial charge in [-0.15, -0.1) is 0 Å². The van der Waals surface area contributed by atoms with Crippen molar-refractivity contribution in [2.75, 3.05) is 19.6 Å². The third-order valence-electron chi connectivity index (χ3n) is 5.39. The predicted molar refractivity (Wildman–Crippen MR) is 92.4 cm³/mol. The number of nitrogens with one attached hydrogen (secondary N) is 2. The highest BCUT2D eigenvalue weighted by Gasteiger charge is 2.42. The fourth-order valence-electron chi connectivity index (χ4n) is 4.05. The lowest BCUT2D eigenvalue weighted by atomic mass is 9.86. The first-order valence-electron chi connectivity index (χ1n) is 9.30. The second kappa shape index (κ2) is 7.66. The minimum absolute atomic E-state index is 0.0926. The zero-order valence-electron chi connectivity index (χ0n) is 14.7. The topological polar surface area (TPSA) is 81.2 Å². The minimum atomic E-state index is -1.27. The number of nitrogens with zero attached hydrogens (tertiary/aromatic N) is 2. The maximum absolute atomic E-state index is 12.8. The van der Waals surface area contributed by atoms with Gasteiger partial charge in [-0.25, -0.2) is 0 Å². The van der Waals surface area contributed by atoms with Gasteiger partial charge in [-0.05, 0) is 44.6 Å². The number of hydrogen-bond acceptors (Lipinski definition) is 4. The molecule has 2 fully saturated rings. The largest absolute Gasteiger partial charge is 0.379 e. The van der Waals surface area contributed by atoms with Gasteiger partial charge in [-0.1, -0.05) is 19.3 Å².